The molecule has 5 nitrogen and oxygen atoms in total. The van der Waals surface area contributed by atoms with Gasteiger partial charge in [-0.3, -0.25) is 4.79 Å². The maximum absolute atomic E-state index is 10.4. The molecule has 0 unspecified atom stereocenters. The second-order valence-electron chi connectivity index (χ2n) is 3.14. The van der Waals surface area contributed by atoms with E-state index in [1.165, 1.54) is 0 Å². The summed E-state index contributed by atoms with van der Waals surface area (Å²) in [5.74, 6) is 0. The Bertz CT molecular complexity index is 177. The molecular weight excluding hydrogens is 248 g/mol. The Morgan fingerprint density at radius 2 is 1.24 bits per heavy atom. The lowest BCUT2D eigenvalue weighted by atomic mass is 10.5. The normalized spacial score (nSPS) is 10.7. The molecule has 0 N–H and O–H groups in total. The van der Waals surface area contributed by atoms with Crippen molar-refractivity contribution >= 4 is 16.8 Å². The molecule has 0 radical (unpaired) electrons. The smallest absolute Gasteiger partial charge is 0.223 e. The molecule has 0 aliphatic carbocycles. The molecule has 17 heavy (non-hydrogen) atoms. The first kappa shape index (κ1) is 16.8. The van der Waals surface area contributed by atoms with E-state index in [1.807, 2.05) is 6.92 Å². The van der Waals surface area contributed by atoms with Crippen LogP contribution in [0, 0.1) is 0 Å². The molecule has 0 amide bonds. The molecule has 0 saturated heterocycles. The first-order valence-electron chi connectivity index (χ1n) is 5.76. The summed E-state index contributed by atoms with van der Waals surface area (Å²) < 4.78 is 20.7. The van der Waals surface area contributed by atoms with E-state index < -0.39 is 0 Å². The van der Waals surface area contributed by atoms with E-state index in [2.05, 4.69) is 0 Å². The molecule has 0 bridgehead atoms. The molecule has 0 aliphatic rings. The first-order valence-corrected chi connectivity index (χ1v) is 6.14. The zero-order valence-corrected chi connectivity index (χ0v) is 11.0. The third kappa shape index (κ3) is 15.8. The van der Waals surface area contributed by atoms with Crippen molar-refractivity contribution in [3.63, 3.8) is 0 Å². The van der Waals surface area contributed by atoms with Gasteiger partial charge in [0, 0.05) is 13.0 Å². The van der Waals surface area contributed by atoms with Crippen molar-refractivity contribution in [2.24, 2.45) is 0 Å². The van der Waals surface area contributed by atoms with E-state index in [0.29, 0.717) is 52.9 Å². The minimum absolute atomic E-state index is 0.238. The van der Waals surface area contributed by atoms with Gasteiger partial charge in [0.25, 0.3) is 0 Å². The molecule has 6 heteroatoms. The molecular formula is C11H21ClO5. The Kier molecular flexibility index (Phi) is 13.7. The van der Waals surface area contributed by atoms with Crippen LogP contribution in [0.3, 0.4) is 0 Å². The molecule has 0 fully saturated rings. The van der Waals surface area contributed by atoms with E-state index in [9.17, 15) is 4.79 Å². The summed E-state index contributed by atoms with van der Waals surface area (Å²) in [6.45, 7) is 6.24. The zero-order chi connectivity index (χ0) is 12.8. The summed E-state index contributed by atoms with van der Waals surface area (Å²) in [6, 6.07) is 0. The van der Waals surface area contributed by atoms with Crippen molar-refractivity contribution in [3.8, 4) is 0 Å². The lowest BCUT2D eigenvalue weighted by Gasteiger charge is -2.06. The van der Waals surface area contributed by atoms with Crippen LogP contribution in [0.5, 0.6) is 0 Å². The number of ether oxygens (including phenoxy) is 4. The van der Waals surface area contributed by atoms with Crippen LogP contribution >= 0.6 is 11.6 Å². The lowest BCUT2D eigenvalue weighted by Crippen LogP contribution is -2.12. The van der Waals surface area contributed by atoms with Crippen LogP contribution in [0.15, 0.2) is 0 Å². The fourth-order valence-electron chi connectivity index (χ4n) is 0.956. The number of hydrogen-bond acceptors (Lipinski definition) is 5. The zero-order valence-electron chi connectivity index (χ0n) is 10.3. The third-order valence-electron chi connectivity index (χ3n) is 1.76. The molecule has 0 heterocycles. The van der Waals surface area contributed by atoms with Gasteiger partial charge in [0.1, 0.15) is 0 Å². The highest BCUT2D eigenvalue weighted by Gasteiger charge is 1.95. The van der Waals surface area contributed by atoms with E-state index in [0.717, 1.165) is 0 Å². The predicted molar refractivity (Wildman–Crippen MR) is 64.4 cm³/mol. The maximum atomic E-state index is 10.4. The van der Waals surface area contributed by atoms with Crippen LogP contribution in [0.4, 0.5) is 0 Å². The summed E-state index contributed by atoms with van der Waals surface area (Å²) in [5.41, 5.74) is 0. The molecule has 0 saturated carbocycles. The van der Waals surface area contributed by atoms with Gasteiger partial charge in [-0.05, 0) is 18.5 Å². The molecule has 0 atom stereocenters. The SMILES string of the molecule is CCOCCOCCOCCOCCC(=O)Cl. The average molecular weight is 269 g/mol. The second-order valence-corrected chi connectivity index (χ2v) is 3.56. The second kappa shape index (κ2) is 13.9. The van der Waals surface area contributed by atoms with Crippen LogP contribution in [0.2, 0.25) is 0 Å². The van der Waals surface area contributed by atoms with Crippen LogP contribution in [-0.2, 0) is 23.7 Å². The van der Waals surface area contributed by atoms with Crippen molar-refractivity contribution < 1.29 is 23.7 Å². The van der Waals surface area contributed by atoms with E-state index in [4.69, 9.17) is 30.5 Å². The minimum atomic E-state index is -0.381. The standard InChI is InChI=1S/C11H21ClO5/c1-2-14-5-6-16-9-10-17-8-7-15-4-3-11(12)13/h2-10H2,1H3. The Hall–Kier alpha value is -0.200. The number of carbonyl (C=O) groups excluding carboxylic acids is 1. The van der Waals surface area contributed by atoms with Gasteiger partial charge in [0.15, 0.2) is 0 Å². The van der Waals surface area contributed by atoms with E-state index in [-0.39, 0.29) is 11.7 Å². The highest BCUT2D eigenvalue weighted by atomic mass is 35.5. The Morgan fingerprint density at radius 3 is 1.65 bits per heavy atom. The van der Waals surface area contributed by atoms with Crippen LogP contribution in [0.1, 0.15) is 13.3 Å². The van der Waals surface area contributed by atoms with Gasteiger partial charge in [0.05, 0.1) is 46.2 Å². The number of carbonyl (C=O) groups is 1. The number of halogens is 1. The number of rotatable bonds is 13. The molecule has 0 aromatic carbocycles. The fraction of sp³-hybridized carbons (Fsp3) is 0.909. The van der Waals surface area contributed by atoms with Gasteiger partial charge < -0.3 is 18.9 Å². The summed E-state index contributed by atoms with van der Waals surface area (Å²) in [5, 5.41) is -0.381. The highest BCUT2D eigenvalue weighted by molar-refractivity contribution is 6.63. The molecule has 0 aromatic heterocycles. The largest absolute Gasteiger partial charge is 0.379 e. The Balaban J connectivity index is 2.91. The van der Waals surface area contributed by atoms with Crippen LogP contribution in [0.25, 0.3) is 0 Å². The molecule has 0 aromatic rings. The van der Waals surface area contributed by atoms with E-state index >= 15 is 0 Å². The molecule has 0 aliphatic heterocycles. The molecule has 0 rings (SSSR count). The summed E-state index contributed by atoms with van der Waals surface area (Å²) in [4.78, 5) is 10.4. The minimum Gasteiger partial charge on any atom is -0.379 e. The van der Waals surface area contributed by atoms with Crippen LogP contribution in [-0.4, -0.2) is 58.1 Å². The topological polar surface area (TPSA) is 54.0 Å². The van der Waals surface area contributed by atoms with Crippen molar-refractivity contribution in [1.29, 1.82) is 0 Å². The van der Waals surface area contributed by atoms with Gasteiger partial charge in [-0.1, -0.05) is 0 Å². The Labute approximate surface area is 107 Å². The average Bonchev–Trinajstić information content (AvgIpc) is 2.30. The fourth-order valence-corrected chi connectivity index (χ4v) is 1.03. The quantitative estimate of drug-likeness (QED) is 0.371. The van der Waals surface area contributed by atoms with Crippen molar-refractivity contribution in [2.45, 2.75) is 13.3 Å². The monoisotopic (exact) mass is 268 g/mol. The summed E-state index contributed by atoms with van der Waals surface area (Å²) >= 11 is 5.13. The van der Waals surface area contributed by atoms with Crippen molar-refractivity contribution in [3.05, 3.63) is 0 Å². The summed E-state index contributed by atoms with van der Waals surface area (Å²) in [6.07, 6.45) is 0.238. The van der Waals surface area contributed by atoms with Crippen LogP contribution < -0.4 is 0 Å². The van der Waals surface area contributed by atoms with Gasteiger partial charge >= 0.3 is 0 Å². The molecule has 0 spiro atoms. The van der Waals surface area contributed by atoms with Gasteiger partial charge in [-0.15, -0.1) is 0 Å². The van der Waals surface area contributed by atoms with Crippen molar-refractivity contribution in [1.82, 2.24) is 0 Å². The summed E-state index contributed by atoms with van der Waals surface area (Å²) in [7, 11) is 0. The lowest BCUT2D eigenvalue weighted by molar-refractivity contribution is -0.112. The predicted octanol–water partition coefficient (Wildman–Crippen LogP) is 1.23. The maximum Gasteiger partial charge on any atom is 0.223 e. The van der Waals surface area contributed by atoms with E-state index in [1.54, 1.807) is 0 Å². The van der Waals surface area contributed by atoms with Gasteiger partial charge in [-0.25, -0.2) is 0 Å². The Morgan fingerprint density at radius 1 is 0.824 bits per heavy atom. The van der Waals surface area contributed by atoms with Gasteiger partial charge in [-0.2, -0.15) is 0 Å². The third-order valence-corrected chi connectivity index (χ3v) is 1.95. The number of hydrogen-bond donors (Lipinski definition) is 0. The van der Waals surface area contributed by atoms with Crippen molar-refractivity contribution in [2.75, 3.05) is 52.9 Å². The van der Waals surface area contributed by atoms with Gasteiger partial charge in [0.2, 0.25) is 5.24 Å². The highest BCUT2D eigenvalue weighted by Crippen LogP contribution is 1.89. The molecule has 102 valence electrons. The first-order chi connectivity index (χ1) is 8.27.